The number of carbonyl (C=O) groups excluding carboxylic acids is 1. The van der Waals surface area contributed by atoms with Crippen LogP contribution in [0.25, 0.3) is 0 Å². The fourth-order valence-corrected chi connectivity index (χ4v) is 3.69. The van der Waals surface area contributed by atoms with E-state index in [0.29, 0.717) is 18.2 Å². The van der Waals surface area contributed by atoms with E-state index in [1.165, 1.54) is 11.0 Å². The summed E-state index contributed by atoms with van der Waals surface area (Å²) < 4.78 is 37.8. The molecule has 0 radical (unpaired) electrons. The molecule has 2 aromatic rings. The van der Waals surface area contributed by atoms with Crippen LogP contribution in [0.15, 0.2) is 48.5 Å². The Labute approximate surface area is 179 Å². The number of amides is 1. The van der Waals surface area contributed by atoms with Gasteiger partial charge in [0.15, 0.2) is 11.6 Å². The maximum Gasteiger partial charge on any atom is 0.418 e. The van der Waals surface area contributed by atoms with E-state index in [1.807, 2.05) is 0 Å². The highest BCUT2D eigenvalue weighted by molar-refractivity contribution is 5.95. The van der Waals surface area contributed by atoms with Gasteiger partial charge in [-0.25, -0.2) is 23.3 Å². The minimum absolute atomic E-state index is 0.175. The number of carbonyl (C=O) groups is 2. The zero-order valence-electron chi connectivity index (χ0n) is 17.0. The molecule has 0 bridgehead atoms. The first-order valence-electron chi connectivity index (χ1n) is 10.2. The molecule has 1 N–H and O–H groups in total. The van der Waals surface area contributed by atoms with Gasteiger partial charge in [0.25, 0.3) is 0 Å². The summed E-state index contributed by atoms with van der Waals surface area (Å²) in [7, 11) is 0. The third-order valence-electron chi connectivity index (χ3n) is 5.35. The molecule has 6 nitrogen and oxygen atoms in total. The Kier molecular flexibility index (Phi) is 7.94. The van der Waals surface area contributed by atoms with Crippen molar-refractivity contribution in [1.82, 2.24) is 0 Å². The predicted octanol–water partition coefficient (Wildman–Crippen LogP) is 5.15. The van der Waals surface area contributed by atoms with Crippen LogP contribution < -0.4 is 4.90 Å². The lowest BCUT2D eigenvalue weighted by Gasteiger charge is -2.29. The summed E-state index contributed by atoms with van der Waals surface area (Å²) in [5.74, 6) is -2.54. The number of hydrogen-bond acceptors (Lipinski definition) is 4. The lowest BCUT2D eigenvalue weighted by molar-refractivity contribution is -0.142. The van der Waals surface area contributed by atoms with Crippen molar-refractivity contribution in [3.63, 3.8) is 0 Å². The first kappa shape index (κ1) is 22.7. The second-order valence-electron chi connectivity index (χ2n) is 7.64. The molecule has 0 spiro atoms. The smallest absolute Gasteiger partial charge is 0.418 e. The normalized spacial score (nSPS) is 18.4. The molecule has 2 aromatic carbocycles. The molecule has 0 atom stereocenters. The van der Waals surface area contributed by atoms with E-state index >= 15 is 0 Å². The Morgan fingerprint density at radius 2 is 1.55 bits per heavy atom. The van der Waals surface area contributed by atoms with E-state index in [4.69, 9.17) is 14.6 Å². The number of para-hydroxylation sites is 1. The minimum Gasteiger partial charge on any atom is -0.480 e. The molecule has 166 valence electrons. The topological polar surface area (TPSA) is 76.1 Å². The number of ether oxygens (including phenoxy) is 2. The van der Waals surface area contributed by atoms with E-state index < -0.39 is 23.7 Å². The lowest BCUT2D eigenvalue weighted by atomic mass is 9.83. The fourth-order valence-electron chi connectivity index (χ4n) is 3.69. The van der Waals surface area contributed by atoms with Crippen molar-refractivity contribution in [2.24, 2.45) is 11.8 Å². The summed E-state index contributed by atoms with van der Waals surface area (Å²) in [5, 5.41) is 8.63. The van der Waals surface area contributed by atoms with Crippen molar-refractivity contribution in [2.45, 2.75) is 25.7 Å². The molecule has 1 aliphatic rings. The highest BCUT2D eigenvalue weighted by Crippen LogP contribution is 2.31. The van der Waals surface area contributed by atoms with Crippen LogP contribution in [0.1, 0.15) is 25.7 Å². The van der Waals surface area contributed by atoms with Gasteiger partial charge in [0.05, 0.1) is 24.6 Å². The zero-order chi connectivity index (χ0) is 22.2. The number of carboxylic acid groups (broad SMARTS) is 1. The second kappa shape index (κ2) is 10.9. The van der Waals surface area contributed by atoms with E-state index in [9.17, 15) is 18.4 Å². The number of benzene rings is 2. The largest absolute Gasteiger partial charge is 0.480 e. The van der Waals surface area contributed by atoms with Crippen molar-refractivity contribution < 1.29 is 33.0 Å². The van der Waals surface area contributed by atoms with Crippen molar-refractivity contribution in [2.75, 3.05) is 24.7 Å². The molecule has 1 fully saturated rings. The maximum absolute atomic E-state index is 13.8. The average molecular weight is 433 g/mol. The third-order valence-corrected chi connectivity index (χ3v) is 5.35. The summed E-state index contributed by atoms with van der Waals surface area (Å²) in [5.41, 5.74) is 0.659. The Morgan fingerprint density at radius 3 is 2.16 bits per heavy atom. The molecular weight excluding hydrogens is 408 g/mol. The first-order valence-corrected chi connectivity index (χ1v) is 10.2. The highest BCUT2D eigenvalue weighted by atomic mass is 19.2. The van der Waals surface area contributed by atoms with E-state index in [-0.39, 0.29) is 24.8 Å². The Balaban J connectivity index is 1.58. The van der Waals surface area contributed by atoms with Crippen LogP contribution in [-0.2, 0) is 14.3 Å². The van der Waals surface area contributed by atoms with Crippen molar-refractivity contribution >= 4 is 23.4 Å². The molecule has 31 heavy (non-hydrogen) atoms. The van der Waals surface area contributed by atoms with Crippen LogP contribution in [0, 0.1) is 23.5 Å². The highest BCUT2D eigenvalue weighted by Gasteiger charge is 2.25. The monoisotopic (exact) mass is 433 g/mol. The van der Waals surface area contributed by atoms with E-state index in [1.54, 1.807) is 30.3 Å². The Hall–Kier alpha value is -3.00. The first-order chi connectivity index (χ1) is 14.9. The van der Waals surface area contributed by atoms with Crippen LogP contribution in [0.3, 0.4) is 0 Å². The van der Waals surface area contributed by atoms with Crippen molar-refractivity contribution in [1.29, 1.82) is 0 Å². The average Bonchev–Trinajstić information content (AvgIpc) is 2.76. The summed E-state index contributed by atoms with van der Waals surface area (Å²) >= 11 is 0. The van der Waals surface area contributed by atoms with Crippen LogP contribution in [0.4, 0.5) is 25.0 Å². The Bertz CT molecular complexity index is 885. The minimum atomic E-state index is -1.05. The third kappa shape index (κ3) is 6.49. The Morgan fingerprint density at radius 1 is 0.903 bits per heavy atom. The lowest BCUT2D eigenvalue weighted by Crippen LogP contribution is -2.30. The number of carboxylic acids is 1. The maximum atomic E-state index is 13.8. The molecule has 0 heterocycles. The number of hydrogen-bond donors (Lipinski definition) is 1. The van der Waals surface area contributed by atoms with Gasteiger partial charge in [-0.3, -0.25) is 0 Å². The van der Waals surface area contributed by atoms with Gasteiger partial charge in [0, 0.05) is 6.07 Å². The molecule has 0 aliphatic heterocycles. The predicted molar refractivity (Wildman–Crippen MR) is 110 cm³/mol. The molecule has 1 amide bonds. The molecule has 0 saturated heterocycles. The molecule has 0 aromatic heterocycles. The van der Waals surface area contributed by atoms with Gasteiger partial charge in [-0.2, -0.15) is 0 Å². The van der Waals surface area contributed by atoms with Crippen molar-refractivity contribution in [3.05, 3.63) is 60.2 Å². The SMILES string of the molecule is O=C(O)COCC1CCC(COC(=O)N(c2ccccc2)c2ccc(F)c(F)c2)CC1. The quantitative estimate of drug-likeness (QED) is 0.623. The number of nitrogens with zero attached hydrogens (tertiary/aromatic N) is 1. The second-order valence-corrected chi connectivity index (χ2v) is 7.64. The molecule has 3 rings (SSSR count). The molecule has 1 aliphatic carbocycles. The molecule has 8 heteroatoms. The summed E-state index contributed by atoms with van der Waals surface area (Å²) in [6.45, 7) is 0.335. The van der Waals surface area contributed by atoms with Crippen LogP contribution >= 0.6 is 0 Å². The summed E-state index contributed by atoms with van der Waals surface area (Å²) in [4.78, 5) is 24.6. The van der Waals surface area contributed by atoms with Gasteiger partial charge in [0.2, 0.25) is 0 Å². The van der Waals surface area contributed by atoms with Crippen LogP contribution in [0.2, 0.25) is 0 Å². The van der Waals surface area contributed by atoms with Gasteiger partial charge < -0.3 is 14.6 Å². The standard InChI is InChI=1S/C23H25F2NO5/c24-20-11-10-19(12-21(20)25)26(18-4-2-1-3-5-18)23(29)31-14-17-8-6-16(7-9-17)13-30-15-22(27)28/h1-5,10-12,16-17H,6-9,13-15H2,(H,27,28). The van der Waals surface area contributed by atoms with E-state index in [0.717, 1.165) is 37.8 Å². The summed E-state index contributed by atoms with van der Waals surface area (Å²) in [6, 6.07) is 11.9. The van der Waals surface area contributed by atoms with Crippen LogP contribution in [0.5, 0.6) is 0 Å². The zero-order valence-corrected chi connectivity index (χ0v) is 17.0. The van der Waals surface area contributed by atoms with Crippen LogP contribution in [-0.4, -0.2) is 37.0 Å². The molecular formula is C23H25F2NO5. The van der Waals surface area contributed by atoms with Gasteiger partial charge in [-0.1, -0.05) is 18.2 Å². The van der Waals surface area contributed by atoms with Gasteiger partial charge in [0.1, 0.15) is 6.61 Å². The van der Waals surface area contributed by atoms with Gasteiger partial charge in [-0.15, -0.1) is 0 Å². The van der Waals surface area contributed by atoms with Gasteiger partial charge >= 0.3 is 12.1 Å². The number of halogens is 2. The molecule has 1 saturated carbocycles. The number of aliphatic carboxylic acids is 1. The van der Waals surface area contributed by atoms with Crippen molar-refractivity contribution in [3.8, 4) is 0 Å². The van der Waals surface area contributed by atoms with E-state index in [2.05, 4.69) is 0 Å². The number of rotatable bonds is 8. The summed E-state index contributed by atoms with van der Waals surface area (Å²) in [6.07, 6.45) is 2.75. The molecule has 0 unspecified atom stereocenters. The van der Waals surface area contributed by atoms with Gasteiger partial charge in [-0.05, 0) is 61.8 Å². The number of anilines is 2. The fraction of sp³-hybridized carbons (Fsp3) is 0.391.